The molecule has 1 aliphatic rings. The van der Waals surface area contributed by atoms with Crippen molar-refractivity contribution in [1.29, 1.82) is 0 Å². The SMILES string of the molecule is CN[C@@]1(C)[C@@H](C(C)C)CC[C@]1(C)O. The van der Waals surface area contributed by atoms with Gasteiger partial charge in [-0.25, -0.2) is 0 Å². The number of hydrogen-bond donors (Lipinski definition) is 2. The third-order valence-electron chi connectivity index (χ3n) is 4.13. The van der Waals surface area contributed by atoms with Gasteiger partial charge >= 0.3 is 0 Å². The van der Waals surface area contributed by atoms with E-state index in [2.05, 4.69) is 26.1 Å². The van der Waals surface area contributed by atoms with Crippen molar-refractivity contribution in [3.05, 3.63) is 0 Å². The molecule has 0 heterocycles. The maximum Gasteiger partial charge on any atom is 0.0800 e. The van der Waals surface area contributed by atoms with Gasteiger partial charge in [0, 0.05) is 5.54 Å². The second-order valence-electron chi connectivity index (χ2n) is 5.12. The van der Waals surface area contributed by atoms with Crippen LogP contribution in [0.1, 0.15) is 40.5 Å². The molecule has 0 amide bonds. The van der Waals surface area contributed by atoms with Crippen LogP contribution in [-0.2, 0) is 0 Å². The van der Waals surface area contributed by atoms with Crippen molar-refractivity contribution in [2.24, 2.45) is 11.8 Å². The van der Waals surface area contributed by atoms with Gasteiger partial charge in [-0.3, -0.25) is 0 Å². The Balaban J connectivity index is 2.93. The summed E-state index contributed by atoms with van der Waals surface area (Å²) in [6, 6.07) is 0. The van der Waals surface area contributed by atoms with Gasteiger partial charge in [-0.05, 0) is 45.6 Å². The summed E-state index contributed by atoms with van der Waals surface area (Å²) < 4.78 is 0. The summed E-state index contributed by atoms with van der Waals surface area (Å²) in [7, 11) is 1.95. The molecule has 0 aromatic rings. The van der Waals surface area contributed by atoms with E-state index >= 15 is 0 Å². The highest BCUT2D eigenvalue weighted by Crippen LogP contribution is 2.46. The summed E-state index contributed by atoms with van der Waals surface area (Å²) in [6.45, 7) is 8.57. The maximum absolute atomic E-state index is 10.3. The first-order valence-electron chi connectivity index (χ1n) is 5.26. The van der Waals surface area contributed by atoms with Crippen molar-refractivity contribution in [3.63, 3.8) is 0 Å². The summed E-state index contributed by atoms with van der Waals surface area (Å²) in [5.74, 6) is 1.21. The standard InChI is InChI=1S/C11H23NO/c1-8(2)9-6-7-10(3,13)11(9,4)12-5/h8-9,12-13H,6-7H2,1-5H3/t9-,10+,11+/m1/s1. The zero-order valence-corrected chi connectivity index (χ0v) is 9.52. The molecule has 1 saturated carbocycles. The number of nitrogens with one attached hydrogen (secondary N) is 1. The van der Waals surface area contributed by atoms with Gasteiger partial charge in [0.05, 0.1) is 5.60 Å². The molecule has 0 saturated heterocycles. The van der Waals surface area contributed by atoms with Crippen LogP contribution in [0.3, 0.4) is 0 Å². The maximum atomic E-state index is 10.3. The normalized spacial score (nSPS) is 45.9. The lowest BCUT2D eigenvalue weighted by Crippen LogP contribution is -2.59. The fraction of sp³-hybridized carbons (Fsp3) is 1.00. The minimum absolute atomic E-state index is 0.124. The van der Waals surface area contributed by atoms with E-state index in [1.165, 1.54) is 0 Å². The molecule has 0 spiro atoms. The lowest BCUT2D eigenvalue weighted by Gasteiger charge is -2.42. The fourth-order valence-corrected chi connectivity index (χ4v) is 2.84. The van der Waals surface area contributed by atoms with Crippen molar-refractivity contribution in [3.8, 4) is 0 Å². The molecule has 1 rings (SSSR count). The van der Waals surface area contributed by atoms with Gasteiger partial charge in [-0.1, -0.05) is 13.8 Å². The Bertz CT molecular complexity index is 189. The second-order valence-corrected chi connectivity index (χ2v) is 5.12. The first-order chi connectivity index (χ1) is 5.85. The molecule has 0 aromatic heterocycles. The van der Waals surface area contributed by atoms with Crippen LogP contribution in [0.4, 0.5) is 0 Å². The Hall–Kier alpha value is -0.0800. The summed E-state index contributed by atoms with van der Waals surface area (Å²) in [5, 5.41) is 13.6. The van der Waals surface area contributed by atoms with E-state index in [4.69, 9.17) is 0 Å². The third-order valence-corrected chi connectivity index (χ3v) is 4.13. The Kier molecular flexibility index (Phi) is 2.75. The average Bonchev–Trinajstić information content (AvgIpc) is 2.25. The van der Waals surface area contributed by atoms with Crippen LogP contribution in [0.25, 0.3) is 0 Å². The van der Waals surface area contributed by atoms with Gasteiger partial charge in [0.2, 0.25) is 0 Å². The number of hydrogen-bond acceptors (Lipinski definition) is 2. The van der Waals surface area contributed by atoms with Crippen molar-refractivity contribution in [2.75, 3.05) is 7.05 Å². The molecule has 78 valence electrons. The van der Waals surface area contributed by atoms with Crippen LogP contribution < -0.4 is 5.32 Å². The smallest absolute Gasteiger partial charge is 0.0800 e. The van der Waals surface area contributed by atoms with Crippen LogP contribution in [0, 0.1) is 11.8 Å². The third kappa shape index (κ3) is 1.50. The predicted molar refractivity (Wildman–Crippen MR) is 55.7 cm³/mol. The molecule has 1 aliphatic carbocycles. The Morgan fingerprint density at radius 2 is 1.92 bits per heavy atom. The van der Waals surface area contributed by atoms with E-state index in [0.29, 0.717) is 11.8 Å². The Morgan fingerprint density at radius 3 is 2.23 bits per heavy atom. The van der Waals surface area contributed by atoms with E-state index < -0.39 is 5.60 Å². The highest BCUT2D eigenvalue weighted by molar-refractivity contribution is 5.09. The average molecular weight is 185 g/mol. The van der Waals surface area contributed by atoms with E-state index in [-0.39, 0.29) is 5.54 Å². The summed E-state index contributed by atoms with van der Waals surface area (Å²) in [5.41, 5.74) is -0.683. The quantitative estimate of drug-likeness (QED) is 0.687. The summed E-state index contributed by atoms with van der Waals surface area (Å²) >= 11 is 0. The first-order valence-corrected chi connectivity index (χ1v) is 5.26. The van der Waals surface area contributed by atoms with E-state index in [0.717, 1.165) is 12.8 Å². The molecular weight excluding hydrogens is 162 g/mol. The zero-order valence-electron chi connectivity index (χ0n) is 9.52. The van der Waals surface area contributed by atoms with E-state index in [1.807, 2.05) is 14.0 Å². The number of likely N-dealkylation sites (N-methyl/N-ethyl adjacent to an activating group) is 1. The van der Waals surface area contributed by atoms with Gasteiger partial charge in [-0.2, -0.15) is 0 Å². The minimum Gasteiger partial charge on any atom is -0.388 e. The molecule has 0 aromatic carbocycles. The van der Waals surface area contributed by atoms with Crippen molar-refractivity contribution >= 4 is 0 Å². The van der Waals surface area contributed by atoms with Gasteiger partial charge in [0.25, 0.3) is 0 Å². The fourth-order valence-electron chi connectivity index (χ4n) is 2.84. The highest BCUT2D eigenvalue weighted by atomic mass is 16.3. The number of aliphatic hydroxyl groups is 1. The van der Waals surface area contributed by atoms with Gasteiger partial charge in [0.1, 0.15) is 0 Å². The van der Waals surface area contributed by atoms with Crippen molar-refractivity contribution in [1.82, 2.24) is 5.32 Å². The summed E-state index contributed by atoms with van der Waals surface area (Å²) in [4.78, 5) is 0. The summed E-state index contributed by atoms with van der Waals surface area (Å²) in [6.07, 6.45) is 2.04. The largest absolute Gasteiger partial charge is 0.388 e. The van der Waals surface area contributed by atoms with Gasteiger partial charge < -0.3 is 10.4 Å². The lowest BCUT2D eigenvalue weighted by molar-refractivity contribution is -0.0228. The molecule has 0 bridgehead atoms. The molecule has 2 nitrogen and oxygen atoms in total. The molecule has 2 heteroatoms. The lowest BCUT2D eigenvalue weighted by atomic mass is 9.75. The molecule has 0 radical (unpaired) electrons. The molecule has 0 aliphatic heterocycles. The second kappa shape index (κ2) is 3.25. The van der Waals surface area contributed by atoms with Crippen LogP contribution in [0.2, 0.25) is 0 Å². The van der Waals surface area contributed by atoms with E-state index in [1.54, 1.807) is 0 Å². The Labute approximate surface area is 81.7 Å². The highest BCUT2D eigenvalue weighted by Gasteiger charge is 2.53. The molecule has 2 N–H and O–H groups in total. The predicted octanol–water partition coefficient (Wildman–Crippen LogP) is 1.78. The zero-order chi connectivity index (χ0) is 10.3. The minimum atomic E-state index is -0.559. The van der Waals surface area contributed by atoms with E-state index in [9.17, 15) is 5.11 Å². The van der Waals surface area contributed by atoms with Gasteiger partial charge in [-0.15, -0.1) is 0 Å². The van der Waals surface area contributed by atoms with Crippen LogP contribution >= 0.6 is 0 Å². The van der Waals surface area contributed by atoms with Gasteiger partial charge in [0.15, 0.2) is 0 Å². The molecular formula is C11H23NO. The first kappa shape index (κ1) is 11.0. The van der Waals surface area contributed by atoms with Crippen LogP contribution in [-0.4, -0.2) is 23.3 Å². The topological polar surface area (TPSA) is 32.3 Å². The molecule has 0 unspecified atom stereocenters. The monoisotopic (exact) mass is 185 g/mol. The molecule has 1 fully saturated rings. The van der Waals surface area contributed by atoms with Crippen molar-refractivity contribution in [2.45, 2.75) is 51.7 Å². The van der Waals surface area contributed by atoms with Crippen LogP contribution in [0.15, 0.2) is 0 Å². The van der Waals surface area contributed by atoms with Crippen LogP contribution in [0.5, 0.6) is 0 Å². The Morgan fingerprint density at radius 1 is 1.38 bits per heavy atom. The molecule has 13 heavy (non-hydrogen) atoms. The number of rotatable bonds is 2. The molecule has 3 atom stereocenters. The van der Waals surface area contributed by atoms with Crippen molar-refractivity contribution < 1.29 is 5.11 Å².